The van der Waals surface area contributed by atoms with Gasteiger partial charge in [0.2, 0.25) is 5.91 Å². The Kier molecular flexibility index (Phi) is 6.06. The molecule has 2 aromatic heterocycles. The van der Waals surface area contributed by atoms with E-state index in [1.54, 1.807) is 18.5 Å². The molecule has 0 bridgehead atoms. The van der Waals surface area contributed by atoms with E-state index in [0.29, 0.717) is 10.4 Å². The number of carbonyl (C=O) groups is 1. The van der Waals surface area contributed by atoms with Gasteiger partial charge in [-0.2, -0.15) is 0 Å². The molecule has 27 heavy (non-hydrogen) atoms. The third-order valence-electron chi connectivity index (χ3n) is 3.92. The van der Waals surface area contributed by atoms with Gasteiger partial charge in [-0.05, 0) is 41.7 Å². The predicted molar refractivity (Wildman–Crippen MR) is 114 cm³/mol. The summed E-state index contributed by atoms with van der Waals surface area (Å²) in [4.78, 5) is 25.3. The summed E-state index contributed by atoms with van der Waals surface area (Å²) in [5.41, 5.74) is 2.83. The minimum absolute atomic E-state index is 0.0677. The molecule has 4 rings (SSSR count). The topological polar surface area (TPSA) is 67.8 Å². The molecule has 1 aliphatic rings. The normalized spacial score (nSPS) is 14.8. The number of hydrogen-bond donors (Lipinski definition) is 1. The lowest BCUT2D eigenvalue weighted by molar-refractivity contribution is -0.115. The molecule has 3 aromatic rings. The first-order valence-electron chi connectivity index (χ1n) is 8.63. The Hall–Kier alpha value is -1.90. The Morgan fingerprint density at radius 2 is 1.96 bits per heavy atom. The summed E-state index contributed by atoms with van der Waals surface area (Å²) in [5.74, 6) is 2.92. The molecule has 0 radical (unpaired) electrons. The number of benzene rings is 1. The second-order valence-electron chi connectivity index (χ2n) is 5.99. The molecule has 1 aliphatic heterocycles. The van der Waals surface area contributed by atoms with Crippen molar-refractivity contribution < 1.29 is 4.79 Å². The van der Waals surface area contributed by atoms with Crippen molar-refractivity contribution in [2.45, 2.75) is 17.4 Å². The van der Waals surface area contributed by atoms with E-state index in [2.05, 4.69) is 32.4 Å². The van der Waals surface area contributed by atoms with Gasteiger partial charge in [-0.1, -0.05) is 12.1 Å². The van der Waals surface area contributed by atoms with E-state index in [1.807, 2.05) is 41.0 Å². The standard InChI is InChI=1S/C19H18N4OS3/c24-16(11-15-12-27-18(23-15)17-20-6-2-7-21-17)22-14-5-1-4-13(10-14)19-25-8-3-9-26-19/h1-2,4-7,10,12,19H,3,8-9,11H2,(H,22,24). The Morgan fingerprint density at radius 1 is 1.15 bits per heavy atom. The fourth-order valence-corrected chi connectivity index (χ4v) is 6.35. The largest absolute Gasteiger partial charge is 0.326 e. The zero-order chi connectivity index (χ0) is 18.5. The first-order valence-corrected chi connectivity index (χ1v) is 11.6. The minimum Gasteiger partial charge on any atom is -0.326 e. The molecule has 138 valence electrons. The highest BCUT2D eigenvalue weighted by molar-refractivity contribution is 8.16. The summed E-state index contributed by atoms with van der Waals surface area (Å²) in [7, 11) is 0. The molecule has 1 amide bonds. The number of rotatable bonds is 5. The highest BCUT2D eigenvalue weighted by Gasteiger charge is 2.17. The number of nitrogens with one attached hydrogen (secondary N) is 1. The SMILES string of the molecule is O=C(Cc1csc(-c2ncccn2)n1)Nc1cccc(C2SCCCS2)c1. The summed E-state index contributed by atoms with van der Waals surface area (Å²) >= 11 is 5.40. The maximum Gasteiger partial charge on any atom is 0.230 e. The molecule has 1 N–H and O–H groups in total. The van der Waals surface area contributed by atoms with E-state index >= 15 is 0 Å². The molecule has 1 fully saturated rings. The quantitative estimate of drug-likeness (QED) is 0.655. The predicted octanol–water partition coefficient (Wildman–Crippen LogP) is 4.65. The van der Waals surface area contributed by atoms with Gasteiger partial charge in [-0.25, -0.2) is 15.0 Å². The Balaban J connectivity index is 1.39. The molecule has 0 unspecified atom stereocenters. The number of nitrogens with zero attached hydrogens (tertiary/aromatic N) is 3. The van der Waals surface area contributed by atoms with Gasteiger partial charge in [0, 0.05) is 23.5 Å². The molecule has 1 saturated heterocycles. The second-order valence-corrected chi connectivity index (χ2v) is 9.58. The van der Waals surface area contributed by atoms with Crippen LogP contribution in [-0.4, -0.2) is 32.4 Å². The van der Waals surface area contributed by atoms with Crippen LogP contribution in [0.5, 0.6) is 0 Å². The summed E-state index contributed by atoms with van der Waals surface area (Å²) in [6.07, 6.45) is 4.88. The third kappa shape index (κ3) is 4.88. The van der Waals surface area contributed by atoms with Crippen molar-refractivity contribution in [1.29, 1.82) is 0 Å². The van der Waals surface area contributed by atoms with E-state index in [1.165, 1.54) is 34.8 Å². The second kappa shape index (κ2) is 8.86. The van der Waals surface area contributed by atoms with Gasteiger partial charge in [0.15, 0.2) is 10.8 Å². The van der Waals surface area contributed by atoms with Gasteiger partial charge in [0.25, 0.3) is 0 Å². The molecule has 3 heterocycles. The van der Waals surface area contributed by atoms with Gasteiger partial charge < -0.3 is 5.32 Å². The van der Waals surface area contributed by atoms with Crippen molar-refractivity contribution in [3.05, 3.63) is 59.4 Å². The van der Waals surface area contributed by atoms with E-state index in [4.69, 9.17) is 0 Å². The van der Waals surface area contributed by atoms with Gasteiger partial charge in [0.05, 0.1) is 16.7 Å². The maximum absolute atomic E-state index is 12.4. The average Bonchev–Trinajstić information content (AvgIpc) is 3.18. The van der Waals surface area contributed by atoms with Crippen LogP contribution in [0.4, 0.5) is 5.69 Å². The molecule has 0 spiro atoms. The monoisotopic (exact) mass is 414 g/mol. The Bertz CT molecular complexity index is 910. The number of hydrogen-bond acceptors (Lipinski definition) is 7. The smallest absolute Gasteiger partial charge is 0.230 e. The molecule has 0 atom stereocenters. The summed E-state index contributed by atoms with van der Waals surface area (Å²) in [6.45, 7) is 0. The minimum atomic E-state index is -0.0677. The van der Waals surface area contributed by atoms with Crippen molar-refractivity contribution in [2.75, 3.05) is 16.8 Å². The van der Waals surface area contributed by atoms with Crippen LogP contribution in [0.1, 0.15) is 22.3 Å². The van der Waals surface area contributed by atoms with Crippen LogP contribution < -0.4 is 5.32 Å². The highest BCUT2D eigenvalue weighted by Crippen LogP contribution is 2.44. The zero-order valence-electron chi connectivity index (χ0n) is 14.5. The van der Waals surface area contributed by atoms with Crippen molar-refractivity contribution in [1.82, 2.24) is 15.0 Å². The zero-order valence-corrected chi connectivity index (χ0v) is 16.9. The van der Waals surface area contributed by atoms with Crippen molar-refractivity contribution in [3.8, 4) is 10.8 Å². The van der Waals surface area contributed by atoms with Crippen LogP contribution >= 0.6 is 34.9 Å². The van der Waals surface area contributed by atoms with Gasteiger partial charge in [-0.15, -0.1) is 34.9 Å². The van der Waals surface area contributed by atoms with E-state index in [9.17, 15) is 4.79 Å². The van der Waals surface area contributed by atoms with Gasteiger partial charge >= 0.3 is 0 Å². The number of anilines is 1. The van der Waals surface area contributed by atoms with Crippen LogP contribution in [0.25, 0.3) is 10.8 Å². The van der Waals surface area contributed by atoms with Gasteiger partial charge in [-0.3, -0.25) is 4.79 Å². The Morgan fingerprint density at radius 3 is 2.78 bits per heavy atom. The maximum atomic E-state index is 12.4. The van der Waals surface area contributed by atoms with E-state index in [0.717, 1.165) is 16.4 Å². The molecular formula is C19H18N4OS3. The van der Waals surface area contributed by atoms with E-state index in [-0.39, 0.29) is 12.3 Å². The molecule has 0 aliphatic carbocycles. The first-order chi connectivity index (χ1) is 13.3. The lowest BCUT2D eigenvalue weighted by Gasteiger charge is -2.21. The van der Waals surface area contributed by atoms with Crippen LogP contribution in [0, 0.1) is 0 Å². The molecule has 1 aromatic carbocycles. The number of thioether (sulfide) groups is 2. The van der Waals surface area contributed by atoms with Crippen LogP contribution in [-0.2, 0) is 11.2 Å². The number of amides is 1. The number of aromatic nitrogens is 3. The highest BCUT2D eigenvalue weighted by atomic mass is 32.2. The Labute approximate surface area is 170 Å². The van der Waals surface area contributed by atoms with Crippen molar-refractivity contribution >= 4 is 46.5 Å². The first kappa shape index (κ1) is 18.5. The third-order valence-corrected chi connectivity index (χ3v) is 7.82. The molecule has 0 saturated carbocycles. The summed E-state index contributed by atoms with van der Waals surface area (Å²) < 4.78 is 0.461. The van der Waals surface area contributed by atoms with Crippen molar-refractivity contribution in [3.63, 3.8) is 0 Å². The fraction of sp³-hybridized carbons (Fsp3) is 0.263. The molecule has 8 heteroatoms. The van der Waals surface area contributed by atoms with Gasteiger partial charge in [0.1, 0.15) is 0 Å². The molecular weight excluding hydrogens is 396 g/mol. The average molecular weight is 415 g/mol. The lowest BCUT2D eigenvalue weighted by Crippen LogP contribution is -2.14. The van der Waals surface area contributed by atoms with Crippen LogP contribution in [0.3, 0.4) is 0 Å². The number of carbonyl (C=O) groups excluding carboxylic acids is 1. The van der Waals surface area contributed by atoms with E-state index < -0.39 is 0 Å². The summed E-state index contributed by atoms with van der Waals surface area (Å²) in [5, 5.41) is 5.61. The lowest BCUT2D eigenvalue weighted by atomic mass is 10.2. The number of thiazole rings is 1. The molecule has 5 nitrogen and oxygen atoms in total. The summed E-state index contributed by atoms with van der Waals surface area (Å²) in [6, 6.07) is 9.93. The van der Waals surface area contributed by atoms with Crippen LogP contribution in [0.15, 0.2) is 48.1 Å². The fourth-order valence-electron chi connectivity index (χ4n) is 2.71. The van der Waals surface area contributed by atoms with Crippen molar-refractivity contribution in [2.24, 2.45) is 0 Å². The van der Waals surface area contributed by atoms with Crippen LogP contribution in [0.2, 0.25) is 0 Å².